The molecule has 1 aromatic rings. The molecule has 2 rings (SSSR count). The van der Waals surface area contributed by atoms with Gasteiger partial charge in [-0.15, -0.1) is 0 Å². The number of carbonyl (C=O) groups excluding carboxylic acids is 1. The van der Waals surface area contributed by atoms with Crippen LogP contribution in [0.1, 0.15) is 29.6 Å². The van der Waals surface area contributed by atoms with Crippen molar-refractivity contribution < 1.29 is 14.3 Å². The van der Waals surface area contributed by atoms with Gasteiger partial charge in [0.1, 0.15) is 5.82 Å². The molecule has 0 saturated carbocycles. The predicted octanol–water partition coefficient (Wildman–Crippen LogP) is 2.47. The Balaban J connectivity index is 2.21. The van der Waals surface area contributed by atoms with E-state index in [0.29, 0.717) is 6.54 Å². The molecule has 1 aliphatic heterocycles. The molecule has 1 saturated heterocycles. The van der Waals surface area contributed by atoms with Crippen LogP contribution in [0.2, 0.25) is 5.02 Å². The number of benzene rings is 1. The van der Waals surface area contributed by atoms with Gasteiger partial charge in [0.2, 0.25) is 0 Å². The SMILES string of the molecule is O=C(c1ccc(Cl)c(F)c1)N1CCCCC1CO. The molecule has 3 nitrogen and oxygen atoms in total. The van der Waals surface area contributed by atoms with Crippen LogP contribution in [-0.4, -0.2) is 35.1 Å². The van der Waals surface area contributed by atoms with Gasteiger partial charge >= 0.3 is 0 Å². The van der Waals surface area contributed by atoms with Gasteiger partial charge in [0.15, 0.2) is 0 Å². The number of hydrogen-bond donors (Lipinski definition) is 1. The summed E-state index contributed by atoms with van der Waals surface area (Å²) in [5.74, 6) is -0.843. The summed E-state index contributed by atoms with van der Waals surface area (Å²) in [5.41, 5.74) is 0.275. The number of carbonyl (C=O) groups is 1. The second-order valence-corrected chi connectivity index (χ2v) is 4.87. The van der Waals surface area contributed by atoms with Gasteiger partial charge in [-0.1, -0.05) is 11.6 Å². The topological polar surface area (TPSA) is 40.5 Å². The number of amides is 1. The van der Waals surface area contributed by atoms with Crippen LogP contribution in [0.15, 0.2) is 18.2 Å². The molecule has 1 atom stereocenters. The minimum atomic E-state index is -0.597. The maximum atomic E-state index is 13.3. The largest absolute Gasteiger partial charge is 0.394 e. The Morgan fingerprint density at radius 1 is 1.50 bits per heavy atom. The van der Waals surface area contributed by atoms with Gasteiger partial charge in [0, 0.05) is 12.1 Å². The Kier molecular flexibility index (Phi) is 4.19. The molecular weight excluding hydrogens is 257 g/mol. The molecule has 1 unspecified atom stereocenters. The highest BCUT2D eigenvalue weighted by atomic mass is 35.5. The number of aliphatic hydroxyl groups is 1. The van der Waals surface area contributed by atoms with Gasteiger partial charge in [-0.25, -0.2) is 4.39 Å². The van der Waals surface area contributed by atoms with Crippen molar-refractivity contribution in [3.8, 4) is 0 Å². The van der Waals surface area contributed by atoms with E-state index >= 15 is 0 Å². The molecule has 1 N–H and O–H groups in total. The Morgan fingerprint density at radius 3 is 2.94 bits per heavy atom. The Hall–Kier alpha value is -1.13. The van der Waals surface area contributed by atoms with E-state index in [9.17, 15) is 14.3 Å². The number of nitrogens with zero attached hydrogens (tertiary/aromatic N) is 1. The highest BCUT2D eigenvalue weighted by Crippen LogP contribution is 2.21. The molecule has 98 valence electrons. The van der Waals surface area contributed by atoms with E-state index in [1.54, 1.807) is 4.90 Å². The Bertz CT molecular complexity index is 453. The molecule has 0 aromatic heterocycles. The second kappa shape index (κ2) is 5.67. The van der Waals surface area contributed by atoms with E-state index < -0.39 is 5.82 Å². The molecule has 1 heterocycles. The van der Waals surface area contributed by atoms with Crippen molar-refractivity contribution in [2.45, 2.75) is 25.3 Å². The summed E-state index contributed by atoms with van der Waals surface area (Å²) in [6.07, 6.45) is 2.71. The van der Waals surface area contributed by atoms with Crippen LogP contribution in [0.3, 0.4) is 0 Å². The summed E-state index contributed by atoms with van der Waals surface area (Å²) in [5, 5.41) is 9.27. The zero-order valence-electron chi connectivity index (χ0n) is 9.90. The smallest absolute Gasteiger partial charge is 0.254 e. The first-order chi connectivity index (χ1) is 8.63. The van der Waals surface area contributed by atoms with Gasteiger partial charge in [0.05, 0.1) is 17.7 Å². The highest BCUT2D eigenvalue weighted by Gasteiger charge is 2.27. The fourth-order valence-electron chi connectivity index (χ4n) is 2.25. The normalized spacial score (nSPS) is 19.9. The van der Waals surface area contributed by atoms with Crippen LogP contribution in [0.5, 0.6) is 0 Å². The minimum Gasteiger partial charge on any atom is -0.394 e. The van der Waals surface area contributed by atoms with Crippen molar-refractivity contribution in [3.63, 3.8) is 0 Å². The van der Waals surface area contributed by atoms with Crippen LogP contribution in [0.25, 0.3) is 0 Å². The lowest BCUT2D eigenvalue weighted by molar-refractivity contribution is 0.0502. The van der Waals surface area contributed by atoms with E-state index in [1.165, 1.54) is 12.1 Å². The Morgan fingerprint density at radius 2 is 2.28 bits per heavy atom. The van der Waals surface area contributed by atoms with Crippen molar-refractivity contribution in [3.05, 3.63) is 34.6 Å². The quantitative estimate of drug-likeness (QED) is 0.898. The molecule has 1 aromatic carbocycles. The predicted molar refractivity (Wildman–Crippen MR) is 67.2 cm³/mol. The van der Waals surface area contributed by atoms with Gasteiger partial charge < -0.3 is 10.0 Å². The maximum absolute atomic E-state index is 13.3. The van der Waals surface area contributed by atoms with Crippen LogP contribution >= 0.6 is 11.6 Å². The van der Waals surface area contributed by atoms with Crippen molar-refractivity contribution in [2.24, 2.45) is 0 Å². The summed E-state index contributed by atoms with van der Waals surface area (Å²) in [7, 11) is 0. The van der Waals surface area contributed by atoms with Crippen LogP contribution < -0.4 is 0 Å². The zero-order valence-corrected chi connectivity index (χ0v) is 10.7. The minimum absolute atomic E-state index is 0.00361. The van der Waals surface area contributed by atoms with Gasteiger partial charge in [-0.05, 0) is 37.5 Å². The number of halogens is 2. The summed E-state index contributed by atoms with van der Waals surface area (Å²) in [6, 6.07) is 3.87. The lowest BCUT2D eigenvalue weighted by Crippen LogP contribution is -2.45. The fourth-order valence-corrected chi connectivity index (χ4v) is 2.37. The van der Waals surface area contributed by atoms with Crippen molar-refractivity contribution in [1.82, 2.24) is 4.90 Å². The number of likely N-dealkylation sites (tertiary alicyclic amines) is 1. The van der Waals surface area contributed by atoms with Crippen molar-refractivity contribution in [2.75, 3.05) is 13.2 Å². The molecule has 1 aliphatic rings. The maximum Gasteiger partial charge on any atom is 0.254 e. The number of rotatable bonds is 2. The highest BCUT2D eigenvalue weighted by molar-refractivity contribution is 6.30. The number of hydrogen-bond acceptors (Lipinski definition) is 2. The third-order valence-electron chi connectivity index (χ3n) is 3.27. The van der Waals surface area contributed by atoms with E-state index in [4.69, 9.17) is 11.6 Å². The lowest BCUT2D eigenvalue weighted by atomic mass is 10.0. The average molecular weight is 272 g/mol. The summed E-state index contributed by atoms with van der Waals surface area (Å²) in [6.45, 7) is 0.552. The molecule has 5 heteroatoms. The van der Waals surface area contributed by atoms with Crippen molar-refractivity contribution >= 4 is 17.5 Å². The van der Waals surface area contributed by atoms with E-state index in [-0.39, 0.29) is 29.1 Å². The number of piperidine rings is 1. The molecule has 1 fully saturated rings. The molecular formula is C13H15ClFNO2. The molecule has 18 heavy (non-hydrogen) atoms. The first-order valence-electron chi connectivity index (χ1n) is 6.00. The van der Waals surface area contributed by atoms with Crippen LogP contribution in [-0.2, 0) is 0 Å². The summed E-state index contributed by atoms with van der Waals surface area (Å²) in [4.78, 5) is 13.9. The van der Waals surface area contributed by atoms with Crippen LogP contribution in [0.4, 0.5) is 4.39 Å². The van der Waals surface area contributed by atoms with Gasteiger partial charge in [0.25, 0.3) is 5.91 Å². The third kappa shape index (κ3) is 2.65. The first kappa shape index (κ1) is 13.3. The number of aliphatic hydroxyl groups excluding tert-OH is 1. The lowest BCUT2D eigenvalue weighted by Gasteiger charge is -2.34. The van der Waals surface area contributed by atoms with E-state index in [2.05, 4.69) is 0 Å². The summed E-state index contributed by atoms with van der Waals surface area (Å²) >= 11 is 5.59. The van der Waals surface area contributed by atoms with Crippen molar-refractivity contribution in [1.29, 1.82) is 0 Å². The molecule has 0 spiro atoms. The van der Waals surface area contributed by atoms with E-state index in [0.717, 1.165) is 25.3 Å². The fraction of sp³-hybridized carbons (Fsp3) is 0.462. The second-order valence-electron chi connectivity index (χ2n) is 4.46. The third-order valence-corrected chi connectivity index (χ3v) is 3.57. The standard InChI is InChI=1S/C13H15ClFNO2/c14-11-5-4-9(7-12(11)15)13(18)16-6-2-1-3-10(16)8-17/h4-5,7,10,17H,1-3,6,8H2. The average Bonchev–Trinajstić information content (AvgIpc) is 2.41. The molecule has 0 radical (unpaired) electrons. The van der Waals surface area contributed by atoms with Crippen LogP contribution in [0, 0.1) is 5.82 Å². The first-order valence-corrected chi connectivity index (χ1v) is 6.38. The molecule has 0 aliphatic carbocycles. The van der Waals surface area contributed by atoms with Gasteiger partial charge in [-0.2, -0.15) is 0 Å². The zero-order chi connectivity index (χ0) is 13.1. The molecule has 0 bridgehead atoms. The van der Waals surface area contributed by atoms with Gasteiger partial charge in [-0.3, -0.25) is 4.79 Å². The summed E-state index contributed by atoms with van der Waals surface area (Å²) < 4.78 is 13.3. The monoisotopic (exact) mass is 271 g/mol. The Labute approximate surface area is 110 Å². The molecule has 1 amide bonds. The van der Waals surface area contributed by atoms with E-state index in [1.807, 2.05) is 0 Å².